The lowest BCUT2D eigenvalue weighted by Crippen LogP contribution is -2.48. The fourth-order valence-electron chi connectivity index (χ4n) is 4.14. The number of nitrogens with zero attached hydrogens (tertiary/aromatic N) is 5. The van der Waals surface area contributed by atoms with Crippen molar-refractivity contribution in [3.8, 4) is 6.07 Å². The van der Waals surface area contributed by atoms with Crippen LogP contribution in [0.2, 0.25) is 0 Å². The molecule has 0 spiro atoms. The largest absolute Gasteiger partial charge is 0.336 e. The van der Waals surface area contributed by atoms with Crippen molar-refractivity contribution in [3.63, 3.8) is 0 Å². The molecule has 5 rings (SSSR count). The van der Waals surface area contributed by atoms with Gasteiger partial charge in [0.1, 0.15) is 5.65 Å². The summed E-state index contributed by atoms with van der Waals surface area (Å²) in [5.74, 6) is 0.880. The zero-order valence-corrected chi connectivity index (χ0v) is 19.6. The maximum absolute atomic E-state index is 13.0. The highest BCUT2D eigenvalue weighted by Gasteiger charge is 2.22. The molecule has 1 fully saturated rings. The van der Waals surface area contributed by atoms with Gasteiger partial charge in [-0.1, -0.05) is 18.2 Å². The lowest BCUT2D eigenvalue weighted by molar-refractivity contribution is 0.0628. The Hall–Kier alpha value is -3.60. The van der Waals surface area contributed by atoms with Gasteiger partial charge >= 0.3 is 0 Å². The predicted molar refractivity (Wildman–Crippen MR) is 134 cm³/mol. The Morgan fingerprint density at radius 3 is 2.44 bits per heavy atom. The number of pyridine rings is 1. The van der Waals surface area contributed by atoms with E-state index in [1.54, 1.807) is 11.8 Å². The van der Waals surface area contributed by atoms with Crippen molar-refractivity contribution >= 4 is 23.3 Å². The molecule has 170 valence electrons. The monoisotopic (exact) mass is 467 g/mol. The average molecular weight is 468 g/mol. The molecule has 0 N–H and O–H groups in total. The number of benzene rings is 2. The first-order valence-electron chi connectivity index (χ1n) is 11.3. The minimum atomic E-state index is 0.0925. The molecule has 2 aromatic heterocycles. The third kappa shape index (κ3) is 5.14. The number of hydrogen-bond donors (Lipinski definition) is 0. The second-order valence-electron chi connectivity index (χ2n) is 8.39. The number of carbonyl (C=O) groups excluding carboxylic acids is 1. The van der Waals surface area contributed by atoms with E-state index >= 15 is 0 Å². The molecule has 0 radical (unpaired) electrons. The van der Waals surface area contributed by atoms with E-state index in [1.807, 2.05) is 82.2 Å². The van der Waals surface area contributed by atoms with Crippen molar-refractivity contribution in [1.82, 2.24) is 19.2 Å². The van der Waals surface area contributed by atoms with Gasteiger partial charge in [-0.15, -0.1) is 11.8 Å². The molecule has 4 aromatic rings. The summed E-state index contributed by atoms with van der Waals surface area (Å²) in [5, 5.41) is 8.94. The Morgan fingerprint density at radius 1 is 0.971 bits per heavy atom. The maximum atomic E-state index is 13.0. The quantitative estimate of drug-likeness (QED) is 0.392. The van der Waals surface area contributed by atoms with E-state index in [0.717, 1.165) is 60.3 Å². The Bertz CT molecular complexity index is 1280. The highest BCUT2D eigenvalue weighted by Crippen LogP contribution is 2.23. The summed E-state index contributed by atoms with van der Waals surface area (Å²) in [6.07, 6.45) is 4.06. The summed E-state index contributed by atoms with van der Waals surface area (Å²) in [6.45, 7) is 3.97. The van der Waals surface area contributed by atoms with Gasteiger partial charge < -0.3 is 9.30 Å². The first-order valence-corrected chi connectivity index (χ1v) is 12.3. The van der Waals surface area contributed by atoms with Crippen LogP contribution < -0.4 is 0 Å². The molecule has 1 saturated heterocycles. The molecule has 1 aliphatic rings. The van der Waals surface area contributed by atoms with E-state index in [1.165, 1.54) is 5.56 Å². The second kappa shape index (κ2) is 10.1. The van der Waals surface area contributed by atoms with Gasteiger partial charge in [0.2, 0.25) is 0 Å². The number of thioether (sulfide) groups is 1. The van der Waals surface area contributed by atoms with Gasteiger partial charge in [0.05, 0.1) is 17.3 Å². The molecule has 6 nitrogen and oxygen atoms in total. The molecule has 0 saturated carbocycles. The smallest absolute Gasteiger partial charge is 0.253 e. The second-order valence-corrected chi connectivity index (χ2v) is 9.44. The van der Waals surface area contributed by atoms with Gasteiger partial charge in [0.15, 0.2) is 0 Å². The molecule has 2 aromatic carbocycles. The first-order chi connectivity index (χ1) is 16.7. The van der Waals surface area contributed by atoms with Crippen molar-refractivity contribution in [2.45, 2.75) is 17.2 Å². The van der Waals surface area contributed by atoms with Gasteiger partial charge in [-0.2, -0.15) is 5.26 Å². The third-order valence-corrected chi connectivity index (χ3v) is 7.10. The summed E-state index contributed by atoms with van der Waals surface area (Å²) in [5.41, 5.74) is 4.60. The van der Waals surface area contributed by atoms with E-state index in [2.05, 4.69) is 22.1 Å². The van der Waals surface area contributed by atoms with Crippen molar-refractivity contribution < 1.29 is 4.79 Å². The van der Waals surface area contributed by atoms with E-state index < -0.39 is 0 Å². The standard InChI is InChI=1S/C27H25N5OS/c28-17-21-4-6-22(7-5-21)18-30-13-15-31(16-14-30)27(33)23-8-10-25(11-9-23)34-20-24-19-32-12-2-1-3-26(32)29-24/h1-12,19H,13-16,18,20H2. The van der Waals surface area contributed by atoms with Gasteiger partial charge in [-0.25, -0.2) is 4.98 Å². The number of hydrogen-bond acceptors (Lipinski definition) is 5. The molecule has 0 unspecified atom stereocenters. The SMILES string of the molecule is N#Cc1ccc(CN2CCN(C(=O)c3ccc(SCc4cn5ccccc5n4)cc3)CC2)cc1. The third-order valence-electron chi connectivity index (χ3n) is 6.05. The topological polar surface area (TPSA) is 64.6 Å². The van der Waals surface area contributed by atoms with Crippen molar-refractivity contribution in [3.05, 3.63) is 102 Å². The molecular weight excluding hydrogens is 442 g/mol. The molecule has 0 aliphatic carbocycles. The highest BCUT2D eigenvalue weighted by molar-refractivity contribution is 7.98. The van der Waals surface area contributed by atoms with Crippen LogP contribution in [0.5, 0.6) is 0 Å². The molecule has 1 amide bonds. The van der Waals surface area contributed by atoms with Crippen LogP contribution in [0.1, 0.15) is 27.2 Å². The summed E-state index contributed by atoms with van der Waals surface area (Å²) < 4.78 is 2.03. The van der Waals surface area contributed by atoms with E-state index in [-0.39, 0.29) is 5.91 Å². The van der Waals surface area contributed by atoms with Gasteiger partial charge in [-0.3, -0.25) is 9.69 Å². The molecule has 1 aliphatic heterocycles. The number of aromatic nitrogens is 2. The fraction of sp³-hybridized carbons (Fsp3) is 0.222. The van der Waals surface area contributed by atoms with Crippen LogP contribution in [0, 0.1) is 11.3 Å². The maximum Gasteiger partial charge on any atom is 0.253 e. The summed E-state index contributed by atoms with van der Waals surface area (Å²) in [4.78, 5) is 23.0. The first kappa shape index (κ1) is 22.2. The fourth-order valence-corrected chi connectivity index (χ4v) is 4.92. The number of fused-ring (bicyclic) bond motifs is 1. The van der Waals surface area contributed by atoms with Crippen LogP contribution >= 0.6 is 11.8 Å². The average Bonchev–Trinajstić information content (AvgIpc) is 3.31. The molecule has 3 heterocycles. The minimum absolute atomic E-state index is 0.0925. The Kier molecular flexibility index (Phi) is 6.61. The number of amides is 1. The van der Waals surface area contributed by atoms with Gasteiger partial charge in [0.25, 0.3) is 5.91 Å². The Labute approximate surface area is 203 Å². The normalized spacial score (nSPS) is 14.3. The van der Waals surface area contributed by atoms with Crippen LogP contribution in [0.25, 0.3) is 5.65 Å². The van der Waals surface area contributed by atoms with Crippen LogP contribution in [-0.2, 0) is 12.3 Å². The summed E-state index contributed by atoms with van der Waals surface area (Å²) >= 11 is 1.72. The van der Waals surface area contributed by atoms with Crippen LogP contribution in [0.15, 0.2) is 84.0 Å². The number of nitriles is 1. The summed E-state index contributed by atoms with van der Waals surface area (Å²) in [7, 11) is 0. The summed E-state index contributed by atoms with van der Waals surface area (Å²) in [6, 6.07) is 23.8. The molecule has 0 bridgehead atoms. The zero-order chi connectivity index (χ0) is 23.3. The highest BCUT2D eigenvalue weighted by atomic mass is 32.2. The van der Waals surface area contributed by atoms with E-state index in [4.69, 9.17) is 5.26 Å². The lowest BCUT2D eigenvalue weighted by atomic mass is 10.1. The minimum Gasteiger partial charge on any atom is -0.336 e. The number of carbonyl (C=O) groups is 1. The Morgan fingerprint density at radius 2 is 1.74 bits per heavy atom. The van der Waals surface area contributed by atoms with E-state index in [9.17, 15) is 4.79 Å². The number of imidazole rings is 1. The molecule has 34 heavy (non-hydrogen) atoms. The predicted octanol–water partition coefficient (Wildman–Crippen LogP) is 4.46. The van der Waals surface area contributed by atoms with Gasteiger partial charge in [0, 0.05) is 61.3 Å². The molecule has 7 heteroatoms. The van der Waals surface area contributed by atoms with Crippen molar-refractivity contribution in [2.75, 3.05) is 26.2 Å². The van der Waals surface area contributed by atoms with Crippen LogP contribution in [0.4, 0.5) is 0 Å². The zero-order valence-electron chi connectivity index (χ0n) is 18.8. The molecule has 0 atom stereocenters. The molecular formula is C27H25N5OS. The Balaban J connectivity index is 1.12. The lowest BCUT2D eigenvalue weighted by Gasteiger charge is -2.34. The number of rotatable bonds is 6. The van der Waals surface area contributed by atoms with Crippen molar-refractivity contribution in [2.24, 2.45) is 0 Å². The van der Waals surface area contributed by atoms with Crippen molar-refractivity contribution in [1.29, 1.82) is 5.26 Å². The van der Waals surface area contributed by atoms with Crippen LogP contribution in [-0.4, -0.2) is 51.3 Å². The van der Waals surface area contributed by atoms with E-state index in [0.29, 0.717) is 5.56 Å². The van der Waals surface area contributed by atoms with Crippen LogP contribution in [0.3, 0.4) is 0 Å². The number of piperazine rings is 1. The van der Waals surface area contributed by atoms with Gasteiger partial charge in [-0.05, 0) is 54.1 Å².